The summed E-state index contributed by atoms with van der Waals surface area (Å²) < 4.78 is 16.7. The van der Waals surface area contributed by atoms with Crippen molar-refractivity contribution < 1.29 is 28.6 Å². The highest BCUT2D eigenvalue weighted by atomic mass is 16.6. The molecule has 0 saturated carbocycles. The molecule has 0 saturated heterocycles. The number of hydrogen-bond acceptors (Lipinski definition) is 6. The van der Waals surface area contributed by atoms with Gasteiger partial charge in [-0.1, -0.05) is 227 Å². The van der Waals surface area contributed by atoms with Crippen LogP contribution in [-0.4, -0.2) is 37.2 Å². The number of hydrogen-bond donors (Lipinski definition) is 0. The van der Waals surface area contributed by atoms with E-state index >= 15 is 0 Å². The van der Waals surface area contributed by atoms with Gasteiger partial charge in [0, 0.05) is 19.3 Å². The molecule has 0 N–H and O–H groups in total. The van der Waals surface area contributed by atoms with Gasteiger partial charge in [0.2, 0.25) is 0 Å². The quantitative estimate of drug-likeness (QED) is 0.0349. The standard InChI is InChI=1S/C48H92O6/c1-5-7-9-11-13-15-19-25-29-33-37-41-48(51)54-45(42-52-46(49)39-35-31-27-23-16-14-12-10-8-6-2)43-53-47(50)40-36-32-28-24-21-18-17-20-22-26-30-34-38-44(3)4/h44-45H,5-43H2,1-4H3/t45-/m0/s1. The van der Waals surface area contributed by atoms with E-state index in [1.54, 1.807) is 0 Å². The summed E-state index contributed by atoms with van der Waals surface area (Å²) in [7, 11) is 0. The van der Waals surface area contributed by atoms with Crippen LogP contribution in [0.15, 0.2) is 0 Å². The molecule has 6 nitrogen and oxygen atoms in total. The van der Waals surface area contributed by atoms with Crippen LogP contribution in [-0.2, 0) is 28.6 Å². The number of unbranched alkanes of at least 4 members (excludes halogenated alkanes) is 30. The molecule has 0 aliphatic heterocycles. The van der Waals surface area contributed by atoms with Crippen LogP contribution in [0, 0.1) is 5.92 Å². The van der Waals surface area contributed by atoms with Crippen LogP contribution in [0.5, 0.6) is 0 Å². The normalized spacial score (nSPS) is 11.9. The third-order valence-electron chi connectivity index (χ3n) is 10.8. The fourth-order valence-electron chi connectivity index (χ4n) is 7.16. The van der Waals surface area contributed by atoms with E-state index in [2.05, 4.69) is 27.7 Å². The first kappa shape index (κ1) is 52.4. The van der Waals surface area contributed by atoms with E-state index in [0.29, 0.717) is 19.3 Å². The third-order valence-corrected chi connectivity index (χ3v) is 10.8. The highest BCUT2D eigenvalue weighted by Gasteiger charge is 2.19. The first-order valence-electron chi connectivity index (χ1n) is 23.9. The Morgan fingerprint density at radius 1 is 0.352 bits per heavy atom. The van der Waals surface area contributed by atoms with Crippen molar-refractivity contribution in [3.63, 3.8) is 0 Å². The Hall–Kier alpha value is -1.59. The second kappa shape index (κ2) is 42.6. The van der Waals surface area contributed by atoms with E-state index in [4.69, 9.17) is 14.2 Å². The van der Waals surface area contributed by atoms with Crippen molar-refractivity contribution >= 4 is 17.9 Å². The van der Waals surface area contributed by atoms with Gasteiger partial charge >= 0.3 is 17.9 Å². The van der Waals surface area contributed by atoms with Gasteiger partial charge in [-0.15, -0.1) is 0 Å². The van der Waals surface area contributed by atoms with Crippen LogP contribution in [0.25, 0.3) is 0 Å². The smallest absolute Gasteiger partial charge is 0.306 e. The van der Waals surface area contributed by atoms with Gasteiger partial charge in [0.05, 0.1) is 0 Å². The number of rotatable bonds is 43. The van der Waals surface area contributed by atoms with Gasteiger partial charge in [-0.2, -0.15) is 0 Å². The zero-order valence-electron chi connectivity index (χ0n) is 36.7. The summed E-state index contributed by atoms with van der Waals surface area (Å²) in [6.45, 7) is 8.99. The Labute approximate surface area is 336 Å². The van der Waals surface area contributed by atoms with Crippen molar-refractivity contribution in [1.82, 2.24) is 0 Å². The van der Waals surface area contributed by atoms with Crippen LogP contribution in [0.4, 0.5) is 0 Å². The molecular formula is C48H92O6. The summed E-state index contributed by atoms with van der Waals surface area (Å²) in [4.78, 5) is 37.7. The van der Waals surface area contributed by atoms with Gasteiger partial charge in [0.1, 0.15) is 13.2 Å². The van der Waals surface area contributed by atoms with Gasteiger partial charge in [0.15, 0.2) is 6.10 Å². The highest BCUT2D eigenvalue weighted by molar-refractivity contribution is 5.71. The summed E-state index contributed by atoms with van der Waals surface area (Å²) >= 11 is 0. The molecule has 6 heteroatoms. The summed E-state index contributed by atoms with van der Waals surface area (Å²) in [5.41, 5.74) is 0. The maximum absolute atomic E-state index is 12.7. The van der Waals surface area contributed by atoms with Crippen LogP contribution < -0.4 is 0 Å². The van der Waals surface area contributed by atoms with E-state index in [0.717, 1.165) is 63.7 Å². The van der Waals surface area contributed by atoms with Crippen LogP contribution in [0.1, 0.15) is 265 Å². The fourth-order valence-corrected chi connectivity index (χ4v) is 7.16. The Balaban J connectivity index is 4.29. The molecule has 54 heavy (non-hydrogen) atoms. The Bertz CT molecular complexity index is 811. The van der Waals surface area contributed by atoms with Crippen molar-refractivity contribution in [3.8, 4) is 0 Å². The second-order valence-electron chi connectivity index (χ2n) is 16.9. The minimum atomic E-state index is -0.758. The maximum atomic E-state index is 12.7. The van der Waals surface area contributed by atoms with Crippen molar-refractivity contribution in [2.45, 2.75) is 271 Å². The molecule has 0 aromatic rings. The molecule has 0 aliphatic rings. The first-order valence-corrected chi connectivity index (χ1v) is 23.9. The van der Waals surface area contributed by atoms with Crippen molar-refractivity contribution in [3.05, 3.63) is 0 Å². The lowest BCUT2D eigenvalue weighted by Crippen LogP contribution is -2.30. The summed E-state index contributed by atoms with van der Waals surface area (Å²) in [5.74, 6) is -0.0182. The van der Waals surface area contributed by atoms with Gasteiger partial charge in [-0.05, 0) is 25.2 Å². The van der Waals surface area contributed by atoms with Gasteiger partial charge in [-0.3, -0.25) is 14.4 Å². The molecule has 320 valence electrons. The molecule has 0 fully saturated rings. The molecule has 0 unspecified atom stereocenters. The number of carbonyl (C=O) groups is 3. The Morgan fingerprint density at radius 2 is 0.611 bits per heavy atom. The van der Waals surface area contributed by atoms with Gasteiger partial charge < -0.3 is 14.2 Å². The predicted octanol–water partition coefficient (Wildman–Crippen LogP) is 15.1. The van der Waals surface area contributed by atoms with E-state index < -0.39 is 6.10 Å². The van der Waals surface area contributed by atoms with E-state index in [1.807, 2.05) is 0 Å². The van der Waals surface area contributed by atoms with E-state index in [9.17, 15) is 14.4 Å². The minimum absolute atomic E-state index is 0.0634. The third kappa shape index (κ3) is 41.6. The summed E-state index contributed by atoms with van der Waals surface area (Å²) in [6, 6.07) is 0. The SMILES string of the molecule is CCCCCCCCCCCCCC(=O)O[C@@H](COC(=O)CCCCCCCCCCCC)COC(=O)CCCCCCCCCCCCCCC(C)C. The average molecular weight is 765 g/mol. The van der Waals surface area contributed by atoms with Crippen molar-refractivity contribution in [2.24, 2.45) is 5.92 Å². The topological polar surface area (TPSA) is 78.9 Å². The average Bonchev–Trinajstić information content (AvgIpc) is 3.15. The molecule has 0 amide bonds. The molecule has 0 aromatic heterocycles. The lowest BCUT2D eigenvalue weighted by molar-refractivity contribution is -0.167. The zero-order chi connectivity index (χ0) is 39.6. The first-order chi connectivity index (χ1) is 26.4. The zero-order valence-corrected chi connectivity index (χ0v) is 36.7. The predicted molar refractivity (Wildman–Crippen MR) is 229 cm³/mol. The van der Waals surface area contributed by atoms with Crippen LogP contribution >= 0.6 is 0 Å². The maximum Gasteiger partial charge on any atom is 0.306 e. The molecule has 0 spiro atoms. The van der Waals surface area contributed by atoms with E-state index in [-0.39, 0.29) is 31.1 Å². The molecule has 0 heterocycles. The lowest BCUT2D eigenvalue weighted by atomic mass is 10.0. The fraction of sp³-hybridized carbons (Fsp3) is 0.938. The van der Waals surface area contributed by atoms with Crippen LogP contribution in [0.2, 0.25) is 0 Å². The monoisotopic (exact) mass is 765 g/mol. The van der Waals surface area contributed by atoms with Gasteiger partial charge in [0.25, 0.3) is 0 Å². The minimum Gasteiger partial charge on any atom is -0.462 e. The van der Waals surface area contributed by atoms with Gasteiger partial charge in [-0.25, -0.2) is 0 Å². The molecule has 0 rings (SSSR count). The Morgan fingerprint density at radius 3 is 0.907 bits per heavy atom. The second-order valence-corrected chi connectivity index (χ2v) is 16.9. The molecule has 1 atom stereocenters. The van der Waals surface area contributed by atoms with Crippen molar-refractivity contribution in [1.29, 1.82) is 0 Å². The number of esters is 3. The highest BCUT2D eigenvalue weighted by Crippen LogP contribution is 2.16. The molecule has 0 aliphatic carbocycles. The lowest BCUT2D eigenvalue weighted by Gasteiger charge is -2.18. The van der Waals surface area contributed by atoms with Crippen LogP contribution in [0.3, 0.4) is 0 Å². The Kier molecular flexibility index (Phi) is 41.3. The van der Waals surface area contributed by atoms with Crippen molar-refractivity contribution in [2.75, 3.05) is 13.2 Å². The number of carbonyl (C=O) groups excluding carboxylic acids is 3. The van der Waals surface area contributed by atoms with E-state index in [1.165, 1.54) is 161 Å². The summed E-state index contributed by atoms with van der Waals surface area (Å²) in [6.07, 6.45) is 42.2. The number of ether oxygens (including phenoxy) is 3. The molecule has 0 radical (unpaired) electrons. The molecule has 0 bridgehead atoms. The summed E-state index contributed by atoms with van der Waals surface area (Å²) in [5, 5.41) is 0. The molecular weight excluding hydrogens is 673 g/mol. The largest absolute Gasteiger partial charge is 0.462 e. The molecule has 0 aromatic carbocycles.